The second-order valence-electron chi connectivity index (χ2n) is 5.53. The number of methoxy groups -OCH3 is 1. The smallest absolute Gasteiger partial charge is 0.0700 e. The van der Waals surface area contributed by atoms with Crippen molar-refractivity contribution in [2.75, 3.05) is 33.5 Å². The molecule has 1 saturated carbocycles. The van der Waals surface area contributed by atoms with Crippen LogP contribution in [0.3, 0.4) is 0 Å². The molecule has 3 nitrogen and oxygen atoms in total. The highest BCUT2D eigenvalue weighted by Gasteiger charge is 2.24. The van der Waals surface area contributed by atoms with Crippen LogP contribution < -0.4 is 5.32 Å². The maximum atomic E-state index is 5.46. The minimum absolute atomic E-state index is 0.396. The van der Waals surface area contributed by atoms with Crippen LogP contribution in [-0.4, -0.2) is 39.5 Å². The van der Waals surface area contributed by atoms with E-state index in [1.54, 1.807) is 7.11 Å². The molecule has 0 aromatic rings. The molecule has 0 amide bonds. The Hall–Kier alpha value is -0.120. The Kier molecular flexibility index (Phi) is 6.32. The molecule has 0 aromatic heterocycles. The van der Waals surface area contributed by atoms with Gasteiger partial charge >= 0.3 is 0 Å². The topological polar surface area (TPSA) is 30.5 Å². The van der Waals surface area contributed by atoms with Crippen LogP contribution in [0.4, 0.5) is 0 Å². The number of ether oxygens (including phenoxy) is 2. The van der Waals surface area contributed by atoms with Gasteiger partial charge in [-0.3, -0.25) is 0 Å². The predicted molar refractivity (Wildman–Crippen MR) is 66.7 cm³/mol. The summed E-state index contributed by atoms with van der Waals surface area (Å²) < 4.78 is 10.4. The average Bonchev–Trinajstić information content (AvgIpc) is 3.04. The Morgan fingerprint density at radius 1 is 1.19 bits per heavy atom. The van der Waals surface area contributed by atoms with Crippen LogP contribution in [0.25, 0.3) is 0 Å². The third-order valence-electron chi connectivity index (χ3n) is 3.02. The van der Waals surface area contributed by atoms with Gasteiger partial charge in [0.1, 0.15) is 0 Å². The van der Waals surface area contributed by atoms with E-state index in [1.807, 2.05) is 0 Å². The normalized spacial score (nSPS) is 16.7. The van der Waals surface area contributed by atoms with Gasteiger partial charge in [0.2, 0.25) is 0 Å². The van der Waals surface area contributed by atoms with E-state index in [0.29, 0.717) is 12.0 Å². The molecule has 16 heavy (non-hydrogen) atoms. The minimum atomic E-state index is 0.396. The molecule has 1 aliphatic rings. The summed E-state index contributed by atoms with van der Waals surface area (Å²) in [5.41, 5.74) is 0.396. The molecule has 0 spiro atoms. The third kappa shape index (κ3) is 7.20. The first-order valence-electron chi connectivity index (χ1n) is 6.44. The van der Waals surface area contributed by atoms with Crippen molar-refractivity contribution in [3.63, 3.8) is 0 Å². The Bertz CT molecular complexity index is 179. The van der Waals surface area contributed by atoms with Crippen LogP contribution in [0.5, 0.6) is 0 Å². The zero-order valence-electron chi connectivity index (χ0n) is 11.1. The average molecular weight is 229 g/mol. The van der Waals surface area contributed by atoms with E-state index in [9.17, 15) is 0 Å². The molecule has 0 heterocycles. The standard InChI is InChI=1S/C13H27NO2/c1-13(2,11-14-12-5-6-12)7-4-8-16-10-9-15-3/h12,14H,4-11H2,1-3H3. The van der Waals surface area contributed by atoms with Gasteiger partial charge in [0.05, 0.1) is 13.2 Å². The summed E-state index contributed by atoms with van der Waals surface area (Å²) in [5.74, 6) is 0. The van der Waals surface area contributed by atoms with Gasteiger partial charge in [-0.05, 0) is 31.1 Å². The van der Waals surface area contributed by atoms with Gasteiger partial charge in [0, 0.05) is 26.3 Å². The molecular formula is C13H27NO2. The van der Waals surface area contributed by atoms with E-state index in [2.05, 4.69) is 19.2 Å². The van der Waals surface area contributed by atoms with Crippen LogP contribution in [-0.2, 0) is 9.47 Å². The van der Waals surface area contributed by atoms with Crippen LogP contribution in [0.15, 0.2) is 0 Å². The maximum Gasteiger partial charge on any atom is 0.0700 e. The Morgan fingerprint density at radius 3 is 2.56 bits per heavy atom. The summed E-state index contributed by atoms with van der Waals surface area (Å²) in [5, 5.41) is 3.60. The number of hydrogen-bond acceptors (Lipinski definition) is 3. The molecule has 1 fully saturated rings. The summed E-state index contributed by atoms with van der Waals surface area (Å²) in [6, 6.07) is 0.817. The lowest BCUT2D eigenvalue weighted by molar-refractivity contribution is 0.0648. The quantitative estimate of drug-likeness (QED) is 0.583. The lowest BCUT2D eigenvalue weighted by atomic mass is 9.88. The zero-order valence-corrected chi connectivity index (χ0v) is 11.1. The molecule has 1 N–H and O–H groups in total. The zero-order chi connectivity index (χ0) is 11.9. The van der Waals surface area contributed by atoms with Gasteiger partial charge in [-0.2, -0.15) is 0 Å². The van der Waals surface area contributed by atoms with E-state index in [0.717, 1.165) is 32.2 Å². The predicted octanol–water partition coefficient (Wildman–Crippen LogP) is 2.21. The summed E-state index contributed by atoms with van der Waals surface area (Å²) >= 11 is 0. The maximum absolute atomic E-state index is 5.46. The molecule has 0 unspecified atom stereocenters. The van der Waals surface area contributed by atoms with Gasteiger partial charge in [-0.15, -0.1) is 0 Å². The van der Waals surface area contributed by atoms with Crippen molar-refractivity contribution in [3.8, 4) is 0 Å². The Balaban J connectivity index is 1.92. The summed E-state index contributed by atoms with van der Waals surface area (Å²) in [7, 11) is 1.70. The van der Waals surface area contributed by atoms with Crippen molar-refractivity contribution >= 4 is 0 Å². The molecule has 0 atom stereocenters. The summed E-state index contributed by atoms with van der Waals surface area (Å²) in [6.07, 6.45) is 5.11. The number of rotatable bonds is 10. The monoisotopic (exact) mass is 229 g/mol. The van der Waals surface area contributed by atoms with Crippen molar-refractivity contribution < 1.29 is 9.47 Å². The summed E-state index contributed by atoms with van der Waals surface area (Å²) in [4.78, 5) is 0. The molecule has 0 radical (unpaired) electrons. The molecule has 1 aliphatic carbocycles. The molecule has 0 bridgehead atoms. The fraction of sp³-hybridized carbons (Fsp3) is 1.00. The minimum Gasteiger partial charge on any atom is -0.382 e. The Labute approximate surface area is 99.9 Å². The molecule has 0 saturated heterocycles. The van der Waals surface area contributed by atoms with Crippen molar-refractivity contribution in [2.45, 2.75) is 45.6 Å². The SMILES string of the molecule is COCCOCCCC(C)(C)CNC1CC1. The van der Waals surface area contributed by atoms with Gasteiger partial charge in [0.15, 0.2) is 0 Å². The number of nitrogens with one attached hydrogen (secondary N) is 1. The highest BCUT2D eigenvalue weighted by atomic mass is 16.5. The van der Waals surface area contributed by atoms with E-state index < -0.39 is 0 Å². The van der Waals surface area contributed by atoms with Gasteiger partial charge in [-0.1, -0.05) is 13.8 Å². The van der Waals surface area contributed by atoms with Crippen LogP contribution >= 0.6 is 0 Å². The van der Waals surface area contributed by atoms with E-state index in [-0.39, 0.29) is 0 Å². The molecule has 1 rings (SSSR count). The largest absolute Gasteiger partial charge is 0.382 e. The molecule has 0 aromatic carbocycles. The second-order valence-corrected chi connectivity index (χ2v) is 5.53. The molecule has 0 aliphatic heterocycles. The van der Waals surface area contributed by atoms with E-state index in [1.165, 1.54) is 19.3 Å². The van der Waals surface area contributed by atoms with Gasteiger partial charge in [0.25, 0.3) is 0 Å². The second kappa shape index (κ2) is 7.25. The lowest BCUT2D eigenvalue weighted by Crippen LogP contribution is -2.31. The van der Waals surface area contributed by atoms with Gasteiger partial charge in [-0.25, -0.2) is 0 Å². The first-order valence-corrected chi connectivity index (χ1v) is 6.44. The van der Waals surface area contributed by atoms with Crippen molar-refractivity contribution in [3.05, 3.63) is 0 Å². The van der Waals surface area contributed by atoms with E-state index in [4.69, 9.17) is 9.47 Å². The van der Waals surface area contributed by atoms with E-state index >= 15 is 0 Å². The molecular weight excluding hydrogens is 202 g/mol. The van der Waals surface area contributed by atoms with Gasteiger partial charge < -0.3 is 14.8 Å². The molecule has 3 heteroatoms. The van der Waals surface area contributed by atoms with Crippen molar-refractivity contribution in [1.82, 2.24) is 5.32 Å². The fourth-order valence-corrected chi connectivity index (χ4v) is 1.69. The third-order valence-corrected chi connectivity index (χ3v) is 3.02. The lowest BCUT2D eigenvalue weighted by Gasteiger charge is -2.25. The number of hydrogen-bond donors (Lipinski definition) is 1. The first kappa shape index (κ1) is 13.9. The van der Waals surface area contributed by atoms with Crippen LogP contribution in [0.1, 0.15) is 39.5 Å². The van der Waals surface area contributed by atoms with Crippen LogP contribution in [0.2, 0.25) is 0 Å². The summed E-state index contributed by atoms with van der Waals surface area (Å²) in [6.45, 7) is 8.07. The first-order chi connectivity index (χ1) is 7.64. The highest BCUT2D eigenvalue weighted by Crippen LogP contribution is 2.25. The Morgan fingerprint density at radius 2 is 1.94 bits per heavy atom. The van der Waals surface area contributed by atoms with Crippen LogP contribution in [0, 0.1) is 5.41 Å². The van der Waals surface area contributed by atoms with Crippen molar-refractivity contribution in [1.29, 1.82) is 0 Å². The highest BCUT2D eigenvalue weighted by molar-refractivity contribution is 4.83. The fourth-order valence-electron chi connectivity index (χ4n) is 1.69. The molecule has 96 valence electrons. The van der Waals surface area contributed by atoms with Crippen molar-refractivity contribution in [2.24, 2.45) is 5.41 Å².